The average molecular weight is 239 g/mol. The third-order valence-corrected chi connectivity index (χ3v) is 2.61. The molecule has 0 aliphatic carbocycles. The molecule has 0 radical (unpaired) electrons. The summed E-state index contributed by atoms with van der Waals surface area (Å²) in [5.74, 6) is 1.02. The maximum Gasteiger partial charge on any atom is 0.220 e. The number of nitrogens with zero attached hydrogens (tertiary/aromatic N) is 2. The number of amides is 1. The van der Waals surface area contributed by atoms with Crippen molar-refractivity contribution < 1.29 is 9.90 Å². The molecule has 96 valence electrons. The van der Waals surface area contributed by atoms with Crippen LogP contribution in [0.2, 0.25) is 0 Å². The smallest absolute Gasteiger partial charge is 0.220 e. The van der Waals surface area contributed by atoms with Crippen LogP contribution >= 0.6 is 0 Å². The van der Waals surface area contributed by atoms with Gasteiger partial charge in [-0.15, -0.1) is 0 Å². The summed E-state index contributed by atoms with van der Waals surface area (Å²) in [5.41, 5.74) is 0. The van der Waals surface area contributed by atoms with Crippen LogP contribution in [0, 0.1) is 6.92 Å². The van der Waals surface area contributed by atoms with E-state index in [4.69, 9.17) is 5.11 Å². The molecular weight excluding hydrogens is 218 g/mol. The molecule has 0 fully saturated rings. The zero-order valence-electron chi connectivity index (χ0n) is 10.5. The Bertz CT molecular complexity index is 347. The Kier molecular flexibility index (Phi) is 5.69. The first-order chi connectivity index (χ1) is 8.09. The molecule has 0 aliphatic heterocycles. The van der Waals surface area contributed by atoms with Gasteiger partial charge in [-0.1, -0.05) is 0 Å². The summed E-state index contributed by atoms with van der Waals surface area (Å²) in [4.78, 5) is 15.5. The summed E-state index contributed by atoms with van der Waals surface area (Å²) in [7, 11) is 0. The number of rotatable bonds is 7. The fourth-order valence-corrected chi connectivity index (χ4v) is 1.56. The van der Waals surface area contributed by atoms with Gasteiger partial charge in [-0.25, -0.2) is 4.98 Å². The summed E-state index contributed by atoms with van der Waals surface area (Å²) in [6.45, 7) is 5.02. The number of nitrogens with one attached hydrogen (secondary N) is 1. The minimum atomic E-state index is -0.358. The quantitative estimate of drug-likeness (QED) is 0.741. The monoisotopic (exact) mass is 239 g/mol. The summed E-state index contributed by atoms with van der Waals surface area (Å²) in [6.07, 6.45) is 5.24. The molecule has 1 unspecified atom stereocenters. The van der Waals surface area contributed by atoms with Gasteiger partial charge in [0, 0.05) is 31.9 Å². The highest BCUT2D eigenvalue weighted by molar-refractivity contribution is 5.75. The van der Waals surface area contributed by atoms with E-state index in [0.29, 0.717) is 19.4 Å². The van der Waals surface area contributed by atoms with Crippen LogP contribution in [0.3, 0.4) is 0 Å². The third kappa shape index (κ3) is 5.49. The Hall–Kier alpha value is -1.36. The molecule has 1 heterocycles. The van der Waals surface area contributed by atoms with Gasteiger partial charge in [0.15, 0.2) is 0 Å². The number of carbonyl (C=O) groups is 1. The Morgan fingerprint density at radius 2 is 2.41 bits per heavy atom. The van der Waals surface area contributed by atoms with Gasteiger partial charge < -0.3 is 15.0 Å². The lowest BCUT2D eigenvalue weighted by molar-refractivity contribution is -0.121. The first kappa shape index (κ1) is 13.7. The van der Waals surface area contributed by atoms with E-state index in [1.54, 1.807) is 13.1 Å². The van der Waals surface area contributed by atoms with Crippen molar-refractivity contribution in [3.63, 3.8) is 0 Å². The average Bonchev–Trinajstić information content (AvgIpc) is 2.64. The highest BCUT2D eigenvalue weighted by Crippen LogP contribution is 1.99. The Morgan fingerprint density at radius 1 is 1.65 bits per heavy atom. The minimum absolute atomic E-state index is 0.0448. The number of aliphatic hydroxyl groups excluding tert-OH is 1. The van der Waals surface area contributed by atoms with Gasteiger partial charge in [0.2, 0.25) is 5.91 Å². The van der Waals surface area contributed by atoms with E-state index in [-0.39, 0.29) is 12.0 Å². The molecule has 0 saturated heterocycles. The summed E-state index contributed by atoms with van der Waals surface area (Å²) >= 11 is 0. The maximum absolute atomic E-state index is 11.4. The van der Waals surface area contributed by atoms with Crippen LogP contribution in [0.15, 0.2) is 12.4 Å². The van der Waals surface area contributed by atoms with Crippen molar-refractivity contribution in [2.24, 2.45) is 0 Å². The molecule has 0 bridgehead atoms. The van der Waals surface area contributed by atoms with Crippen LogP contribution in [0.5, 0.6) is 0 Å². The van der Waals surface area contributed by atoms with E-state index in [9.17, 15) is 4.79 Å². The fraction of sp³-hybridized carbons (Fsp3) is 0.667. The van der Waals surface area contributed by atoms with Gasteiger partial charge in [-0.3, -0.25) is 4.79 Å². The molecule has 0 aliphatic rings. The van der Waals surface area contributed by atoms with Gasteiger partial charge in [0.25, 0.3) is 0 Å². The molecule has 2 N–H and O–H groups in total. The molecule has 1 atom stereocenters. The Labute approximate surface area is 102 Å². The van der Waals surface area contributed by atoms with Crippen molar-refractivity contribution in [1.29, 1.82) is 0 Å². The lowest BCUT2D eigenvalue weighted by Crippen LogP contribution is -2.26. The van der Waals surface area contributed by atoms with Crippen molar-refractivity contribution in [2.75, 3.05) is 6.54 Å². The molecule has 1 aromatic heterocycles. The van der Waals surface area contributed by atoms with Crippen LogP contribution in [0.25, 0.3) is 0 Å². The second-order valence-electron chi connectivity index (χ2n) is 4.26. The minimum Gasteiger partial charge on any atom is -0.393 e. The summed E-state index contributed by atoms with van der Waals surface area (Å²) < 4.78 is 2.03. The predicted molar refractivity (Wildman–Crippen MR) is 65.5 cm³/mol. The van der Waals surface area contributed by atoms with E-state index < -0.39 is 0 Å². The van der Waals surface area contributed by atoms with Crippen LogP contribution < -0.4 is 5.32 Å². The maximum atomic E-state index is 11.4. The zero-order chi connectivity index (χ0) is 12.7. The molecule has 5 heteroatoms. The van der Waals surface area contributed by atoms with Gasteiger partial charge in [-0.2, -0.15) is 0 Å². The van der Waals surface area contributed by atoms with Gasteiger partial charge in [0.05, 0.1) is 6.10 Å². The second kappa shape index (κ2) is 7.06. The Balaban J connectivity index is 2.10. The largest absolute Gasteiger partial charge is 0.393 e. The van der Waals surface area contributed by atoms with E-state index in [2.05, 4.69) is 10.3 Å². The van der Waals surface area contributed by atoms with Crippen LogP contribution in [0.1, 0.15) is 32.0 Å². The lowest BCUT2D eigenvalue weighted by atomic mass is 10.2. The molecule has 0 spiro atoms. The molecule has 1 amide bonds. The number of aryl methyl sites for hydroxylation is 2. The van der Waals surface area contributed by atoms with Crippen molar-refractivity contribution in [2.45, 2.75) is 45.8 Å². The lowest BCUT2D eigenvalue weighted by Gasteiger charge is -2.07. The first-order valence-corrected chi connectivity index (χ1v) is 6.02. The highest BCUT2D eigenvalue weighted by Gasteiger charge is 2.03. The molecule has 0 saturated carbocycles. The van der Waals surface area contributed by atoms with Crippen LogP contribution in [-0.4, -0.2) is 33.2 Å². The second-order valence-corrected chi connectivity index (χ2v) is 4.26. The summed E-state index contributed by atoms with van der Waals surface area (Å²) in [6, 6.07) is 0. The molecular formula is C12H21N3O2. The molecule has 1 rings (SSSR count). The molecule has 17 heavy (non-hydrogen) atoms. The normalized spacial score (nSPS) is 12.4. The number of aromatic nitrogens is 2. The van der Waals surface area contributed by atoms with Gasteiger partial charge in [-0.05, 0) is 26.7 Å². The van der Waals surface area contributed by atoms with Crippen molar-refractivity contribution >= 4 is 5.91 Å². The van der Waals surface area contributed by atoms with Gasteiger partial charge in [0.1, 0.15) is 5.82 Å². The van der Waals surface area contributed by atoms with Crippen molar-refractivity contribution in [1.82, 2.24) is 14.9 Å². The predicted octanol–water partition coefficient (Wildman–Crippen LogP) is 0.859. The van der Waals surface area contributed by atoms with E-state index >= 15 is 0 Å². The standard InChI is InChI=1S/C12H21N3O2/c1-10(16)5-6-14-12(17)4-3-8-15-9-7-13-11(15)2/h7,9-10,16H,3-6,8H2,1-2H3,(H,14,17). The van der Waals surface area contributed by atoms with Crippen molar-refractivity contribution in [3.8, 4) is 0 Å². The zero-order valence-corrected chi connectivity index (χ0v) is 10.5. The van der Waals surface area contributed by atoms with E-state index in [1.165, 1.54) is 0 Å². The molecule has 5 nitrogen and oxygen atoms in total. The molecule has 0 aromatic carbocycles. The first-order valence-electron chi connectivity index (χ1n) is 6.02. The van der Waals surface area contributed by atoms with Crippen LogP contribution in [-0.2, 0) is 11.3 Å². The number of imidazole rings is 1. The topological polar surface area (TPSA) is 67.2 Å². The number of aliphatic hydroxyl groups is 1. The third-order valence-electron chi connectivity index (χ3n) is 2.61. The fourth-order valence-electron chi connectivity index (χ4n) is 1.56. The van der Waals surface area contributed by atoms with Crippen molar-refractivity contribution in [3.05, 3.63) is 18.2 Å². The highest BCUT2D eigenvalue weighted by atomic mass is 16.3. The van der Waals surface area contributed by atoms with Gasteiger partial charge >= 0.3 is 0 Å². The number of carbonyl (C=O) groups excluding carboxylic acids is 1. The Morgan fingerprint density at radius 3 is 3.00 bits per heavy atom. The number of hydrogen-bond acceptors (Lipinski definition) is 3. The van der Waals surface area contributed by atoms with E-state index in [0.717, 1.165) is 18.8 Å². The van der Waals surface area contributed by atoms with Crippen LogP contribution in [0.4, 0.5) is 0 Å². The number of hydrogen-bond donors (Lipinski definition) is 2. The van der Waals surface area contributed by atoms with E-state index in [1.807, 2.05) is 17.7 Å². The molecule has 1 aromatic rings. The summed E-state index contributed by atoms with van der Waals surface area (Å²) in [5, 5.41) is 11.8. The SMILES string of the molecule is Cc1nccn1CCCC(=O)NCCC(C)O.